The first-order valence-corrected chi connectivity index (χ1v) is 7.77. The van der Waals surface area contributed by atoms with E-state index in [-0.39, 0.29) is 0 Å². The van der Waals surface area contributed by atoms with Crippen LogP contribution in [0.5, 0.6) is 0 Å². The minimum Gasteiger partial charge on any atom is -0.360 e. The van der Waals surface area contributed by atoms with Crippen molar-refractivity contribution in [2.45, 2.75) is 25.2 Å². The molecule has 1 aromatic heterocycles. The topological polar surface area (TPSA) is 37.8 Å². The van der Waals surface area contributed by atoms with Gasteiger partial charge in [0.05, 0.1) is 0 Å². The number of benzene rings is 1. The van der Waals surface area contributed by atoms with E-state index < -0.39 is 0 Å². The van der Waals surface area contributed by atoms with Crippen molar-refractivity contribution in [2.24, 2.45) is 0 Å². The Balaban J connectivity index is 1.54. The maximum absolute atomic E-state index is 6.13. The van der Waals surface area contributed by atoms with E-state index in [1.165, 1.54) is 24.4 Å². The van der Waals surface area contributed by atoms with E-state index in [9.17, 15) is 0 Å². The molecule has 0 bridgehead atoms. The summed E-state index contributed by atoms with van der Waals surface area (Å²) in [5.41, 5.74) is 1.09. The summed E-state index contributed by atoms with van der Waals surface area (Å²) in [7, 11) is 0. The molecule has 1 aliphatic rings. The van der Waals surface area contributed by atoms with Crippen LogP contribution in [0.4, 0.5) is 5.13 Å². The third-order valence-corrected chi connectivity index (χ3v) is 4.34. The smallest absolute Gasteiger partial charge is 0.202 e. The number of hydrogen-bond donors (Lipinski definition) is 1. The fourth-order valence-electron chi connectivity index (χ4n) is 1.84. The van der Waals surface area contributed by atoms with Crippen molar-refractivity contribution in [3.05, 3.63) is 39.6 Å². The lowest BCUT2D eigenvalue weighted by Gasteiger charge is -2.05. The molecular weight excluding hydrogens is 301 g/mol. The first kappa shape index (κ1) is 13.2. The van der Waals surface area contributed by atoms with Gasteiger partial charge in [0.2, 0.25) is 5.13 Å². The predicted octanol–water partition coefficient (Wildman–Crippen LogP) is 4.38. The fraction of sp³-hybridized carbons (Fsp3) is 0.385. The van der Waals surface area contributed by atoms with E-state index in [0.717, 1.165) is 29.5 Å². The Bertz CT molecular complexity index is 581. The molecule has 2 aromatic rings. The number of halogens is 2. The van der Waals surface area contributed by atoms with E-state index in [1.54, 1.807) is 6.07 Å². The minimum absolute atomic E-state index is 0.609. The van der Waals surface area contributed by atoms with Crippen molar-refractivity contribution in [3.63, 3.8) is 0 Å². The van der Waals surface area contributed by atoms with E-state index in [2.05, 4.69) is 14.7 Å². The van der Waals surface area contributed by atoms with Gasteiger partial charge >= 0.3 is 0 Å². The highest BCUT2D eigenvalue weighted by Crippen LogP contribution is 2.39. The van der Waals surface area contributed by atoms with E-state index in [0.29, 0.717) is 16.0 Å². The van der Waals surface area contributed by atoms with Crippen LogP contribution in [0.1, 0.15) is 30.1 Å². The fourth-order valence-corrected chi connectivity index (χ4v) is 3.02. The van der Waals surface area contributed by atoms with Crippen LogP contribution < -0.4 is 5.32 Å². The Morgan fingerprint density at radius 3 is 2.89 bits per heavy atom. The second kappa shape index (κ2) is 5.65. The molecule has 1 fully saturated rings. The van der Waals surface area contributed by atoms with Crippen molar-refractivity contribution in [1.82, 2.24) is 9.36 Å². The Kier molecular flexibility index (Phi) is 3.91. The minimum atomic E-state index is 0.609. The molecular formula is C13H13Cl2N3S. The molecule has 1 N–H and O–H groups in total. The summed E-state index contributed by atoms with van der Waals surface area (Å²) in [6.45, 7) is 0.792. The highest BCUT2D eigenvalue weighted by atomic mass is 35.5. The van der Waals surface area contributed by atoms with Gasteiger partial charge in [-0.25, -0.2) is 4.98 Å². The zero-order valence-corrected chi connectivity index (χ0v) is 12.5. The maximum atomic E-state index is 6.13. The van der Waals surface area contributed by atoms with Gasteiger partial charge in [-0.3, -0.25) is 0 Å². The lowest BCUT2D eigenvalue weighted by Crippen LogP contribution is -2.05. The summed E-state index contributed by atoms with van der Waals surface area (Å²) >= 11 is 13.4. The van der Waals surface area contributed by atoms with Crippen LogP contribution in [0.3, 0.4) is 0 Å². The second-order valence-corrected chi connectivity index (χ2v) is 6.24. The van der Waals surface area contributed by atoms with Crippen molar-refractivity contribution in [1.29, 1.82) is 0 Å². The number of anilines is 1. The molecule has 6 heteroatoms. The number of rotatable bonds is 5. The molecule has 19 heavy (non-hydrogen) atoms. The number of hydrogen-bond acceptors (Lipinski definition) is 4. The molecule has 0 radical (unpaired) electrons. The van der Waals surface area contributed by atoms with Crippen molar-refractivity contribution in [3.8, 4) is 0 Å². The molecule has 0 saturated heterocycles. The molecule has 1 aliphatic carbocycles. The van der Waals surface area contributed by atoms with Crippen molar-refractivity contribution in [2.75, 3.05) is 11.9 Å². The van der Waals surface area contributed by atoms with Crippen LogP contribution in [-0.2, 0) is 6.42 Å². The standard InChI is InChI=1S/C13H13Cl2N3S/c14-10-4-3-8(11(15)7-10)5-6-16-13-17-12(18-19-13)9-1-2-9/h3-4,7,9H,1-2,5-6H2,(H,16,17,18). The first-order chi connectivity index (χ1) is 9.22. The van der Waals surface area contributed by atoms with Crippen LogP contribution in [0.15, 0.2) is 18.2 Å². The zero-order chi connectivity index (χ0) is 13.2. The molecule has 0 spiro atoms. The summed E-state index contributed by atoms with van der Waals surface area (Å²) in [6.07, 6.45) is 3.31. The molecule has 1 aromatic carbocycles. The van der Waals surface area contributed by atoms with Gasteiger partial charge in [0.1, 0.15) is 5.82 Å². The summed E-state index contributed by atoms with van der Waals surface area (Å²) in [5.74, 6) is 1.61. The van der Waals surface area contributed by atoms with Gasteiger partial charge < -0.3 is 5.32 Å². The third kappa shape index (κ3) is 3.38. The zero-order valence-electron chi connectivity index (χ0n) is 10.2. The summed E-state index contributed by atoms with van der Waals surface area (Å²) in [5, 5.41) is 5.57. The van der Waals surface area contributed by atoms with Crippen LogP contribution >= 0.6 is 34.7 Å². The van der Waals surface area contributed by atoms with Crippen molar-refractivity contribution >= 4 is 39.9 Å². The average molecular weight is 314 g/mol. The second-order valence-electron chi connectivity index (χ2n) is 4.64. The number of nitrogens with one attached hydrogen (secondary N) is 1. The van der Waals surface area contributed by atoms with Gasteiger partial charge in [0.25, 0.3) is 0 Å². The largest absolute Gasteiger partial charge is 0.360 e. The Hall–Kier alpha value is -0.840. The number of nitrogens with zero attached hydrogens (tertiary/aromatic N) is 2. The van der Waals surface area contributed by atoms with E-state index in [4.69, 9.17) is 23.2 Å². The van der Waals surface area contributed by atoms with E-state index in [1.807, 2.05) is 12.1 Å². The summed E-state index contributed by atoms with van der Waals surface area (Å²) < 4.78 is 4.36. The summed E-state index contributed by atoms with van der Waals surface area (Å²) in [4.78, 5) is 4.48. The van der Waals surface area contributed by atoms with Crippen LogP contribution in [0.2, 0.25) is 10.0 Å². The SMILES string of the molecule is Clc1ccc(CCNc2nc(C3CC3)ns2)c(Cl)c1. The Labute approximate surface area is 126 Å². The monoisotopic (exact) mass is 313 g/mol. The molecule has 0 atom stereocenters. The van der Waals surface area contributed by atoms with Gasteiger partial charge in [0.15, 0.2) is 0 Å². The molecule has 0 unspecified atom stereocenters. The quantitative estimate of drug-likeness (QED) is 0.890. The third-order valence-electron chi connectivity index (χ3n) is 3.07. The molecule has 1 heterocycles. The van der Waals surface area contributed by atoms with Gasteiger partial charge in [0, 0.05) is 34.0 Å². The van der Waals surface area contributed by atoms with Gasteiger partial charge in [-0.05, 0) is 37.0 Å². The van der Waals surface area contributed by atoms with Crippen LogP contribution in [-0.4, -0.2) is 15.9 Å². The Morgan fingerprint density at radius 1 is 1.32 bits per heavy atom. The highest BCUT2D eigenvalue weighted by molar-refractivity contribution is 7.09. The lowest BCUT2D eigenvalue weighted by atomic mass is 10.1. The van der Waals surface area contributed by atoms with Gasteiger partial charge in [-0.1, -0.05) is 29.3 Å². The summed E-state index contributed by atoms with van der Waals surface area (Å²) in [6, 6.07) is 5.59. The Morgan fingerprint density at radius 2 is 2.16 bits per heavy atom. The molecule has 0 amide bonds. The van der Waals surface area contributed by atoms with Gasteiger partial charge in [-0.15, -0.1) is 0 Å². The maximum Gasteiger partial charge on any atom is 0.202 e. The normalized spacial score (nSPS) is 14.6. The molecule has 1 saturated carbocycles. The van der Waals surface area contributed by atoms with Crippen LogP contribution in [0, 0.1) is 0 Å². The lowest BCUT2D eigenvalue weighted by molar-refractivity contribution is 0.969. The molecule has 3 rings (SSSR count). The van der Waals surface area contributed by atoms with Gasteiger partial charge in [-0.2, -0.15) is 4.37 Å². The van der Waals surface area contributed by atoms with Crippen molar-refractivity contribution < 1.29 is 0 Å². The number of aromatic nitrogens is 2. The first-order valence-electron chi connectivity index (χ1n) is 6.24. The van der Waals surface area contributed by atoms with Crippen LogP contribution in [0.25, 0.3) is 0 Å². The molecule has 0 aliphatic heterocycles. The predicted molar refractivity (Wildman–Crippen MR) is 80.5 cm³/mol. The van der Waals surface area contributed by atoms with E-state index >= 15 is 0 Å². The average Bonchev–Trinajstić information content (AvgIpc) is 3.13. The highest BCUT2D eigenvalue weighted by Gasteiger charge is 2.27. The molecule has 100 valence electrons. The molecule has 3 nitrogen and oxygen atoms in total.